The highest BCUT2D eigenvalue weighted by Gasteiger charge is 2.47. The zero-order valence-electron chi connectivity index (χ0n) is 16.1. The van der Waals surface area contributed by atoms with Crippen molar-refractivity contribution in [2.45, 2.75) is 32.3 Å². The molecule has 0 saturated carbocycles. The molecule has 0 aromatic heterocycles. The molecule has 0 N–H and O–H groups in total. The highest BCUT2D eigenvalue weighted by atomic mass is 35.5. The van der Waals surface area contributed by atoms with E-state index in [1.807, 2.05) is 30.5 Å². The predicted molar refractivity (Wildman–Crippen MR) is 106 cm³/mol. The van der Waals surface area contributed by atoms with Crippen LogP contribution in [0.4, 0.5) is 0 Å². The third kappa shape index (κ3) is 4.70. The van der Waals surface area contributed by atoms with Crippen molar-refractivity contribution >= 4 is 17.4 Å². The van der Waals surface area contributed by atoms with E-state index in [2.05, 4.69) is 46.1 Å². The second-order valence-corrected chi connectivity index (χ2v) is 7.72. The number of aliphatic imine (C=N–C) groups is 1. The van der Waals surface area contributed by atoms with Crippen molar-refractivity contribution in [1.82, 2.24) is 4.90 Å². The third-order valence-electron chi connectivity index (χ3n) is 4.80. The van der Waals surface area contributed by atoms with Gasteiger partial charge in [-0.1, -0.05) is 37.1 Å². The van der Waals surface area contributed by atoms with E-state index in [1.165, 1.54) is 0 Å². The van der Waals surface area contributed by atoms with Gasteiger partial charge in [0.2, 0.25) is 5.84 Å². The van der Waals surface area contributed by atoms with Crippen molar-refractivity contribution in [3.8, 4) is 0 Å². The molecule has 1 aromatic rings. The van der Waals surface area contributed by atoms with Crippen molar-refractivity contribution < 1.29 is 9.22 Å². The molecule has 0 amide bonds. The molecule has 0 spiro atoms. The minimum Gasteiger partial charge on any atom is -0.357 e. The standard InChI is InChI=1S/C20H31ClN3O/c1-6-7-14-24(5)15-12-22-19(24)20(2,25-16-13-23(3)4)17-8-10-18(21)11-9-17/h8-12,15H,6-7,13-14,16H2,1-5H3/q+1. The maximum Gasteiger partial charge on any atom is 0.244 e. The lowest BCUT2D eigenvalue weighted by molar-refractivity contribution is -0.769. The van der Waals surface area contributed by atoms with Crippen LogP contribution in [0, 0.1) is 0 Å². The van der Waals surface area contributed by atoms with Gasteiger partial charge in [-0.3, -0.25) is 4.48 Å². The van der Waals surface area contributed by atoms with Crippen LogP contribution >= 0.6 is 11.6 Å². The van der Waals surface area contributed by atoms with Gasteiger partial charge in [-0.2, -0.15) is 0 Å². The van der Waals surface area contributed by atoms with Crippen LogP contribution in [0.25, 0.3) is 0 Å². The number of benzene rings is 1. The van der Waals surface area contributed by atoms with E-state index in [0.29, 0.717) is 11.1 Å². The van der Waals surface area contributed by atoms with Crippen LogP contribution in [-0.4, -0.2) is 56.1 Å². The average Bonchev–Trinajstić information content (AvgIpc) is 2.96. The SMILES string of the molecule is CCCC[N+]1(C)C=CN=C1C(C)(OCCN(C)C)c1ccc(Cl)cc1. The lowest BCUT2D eigenvalue weighted by Gasteiger charge is -2.38. The van der Waals surface area contributed by atoms with Crippen LogP contribution in [0.15, 0.2) is 41.7 Å². The smallest absolute Gasteiger partial charge is 0.244 e. The summed E-state index contributed by atoms with van der Waals surface area (Å²) >= 11 is 6.10. The molecule has 1 aromatic carbocycles. The predicted octanol–water partition coefficient (Wildman–Crippen LogP) is 4.26. The lowest BCUT2D eigenvalue weighted by Crippen LogP contribution is -2.54. The summed E-state index contributed by atoms with van der Waals surface area (Å²) in [7, 11) is 6.32. The zero-order valence-corrected chi connectivity index (χ0v) is 16.9. The highest BCUT2D eigenvalue weighted by Crippen LogP contribution is 2.35. The average molecular weight is 365 g/mol. The number of ether oxygens (including phenoxy) is 1. The molecule has 2 unspecified atom stereocenters. The number of hydrogen-bond acceptors (Lipinski definition) is 3. The Hall–Kier alpha value is -1.20. The van der Waals surface area contributed by atoms with Gasteiger partial charge in [0.1, 0.15) is 6.20 Å². The van der Waals surface area contributed by atoms with E-state index in [-0.39, 0.29) is 0 Å². The van der Waals surface area contributed by atoms with Gasteiger partial charge in [0.05, 0.1) is 26.4 Å². The number of unbranched alkanes of at least 4 members (excludes halogenated alkanes) is 1. The first-order valence-electron chi connectivity index (χ1n) is 8.98. The van der Waals surface area contributed by atoms with Gasteiger partial charge < -0.3 is 9.64 Å². The molecule has 1 aliphatic rings. The summed E-state index contributed by atoms with van der Waals surface area (Å²) in [4.78, 5) is 6.87. The molecule has 0 saturated heterocycles. The van der Waals surface area contributed by atoms with Gasteiger partial charge in [-0.25, -0.2) is 4.99 Å². The van der Waals surface area contributed by atoms with E-state index < -0.39 is 5.60 Å². The molecule has 1 heterocycles. The van der Waals surface area contributed by atoms with Crippen molar-refractivity contribution in [2.75, 3.05) is 40.8 Å². The van der Waals surface area contributed by atoms with Gasteiger partial charge in [-0.15, -0.1) is 0 Å². The molecule has 1 aliphatic heterocycles. The van der Waals surface area contributed by atoms with Crippen molar-refractivity contribution in [2.24, 2.45) is 4.99 Å². The first kappa shape index (κ1) is 20.1. The van der Waals surface area contributed by atoms with Gasteiger partial charge in [0.15, 0.2) is 5.60 Å². The molecule has 2 atom stereocenters. The molecule has 0 aliphatic carbocycles. The van der Waals surface area contributed by atoms with Crippen molar-refractivity contribution in [1.29, 1.82) is 0 Å². The Kier molecular flexibility index (Phi) is 6.80. The number of amidine groups is 1. The second kappa shape index (κ2) is 8.45. The number of halogens is 1. The number of hydrogen-bond donors (Lipinski definition) is 0. The molecule has 2 rings (SSSR count). The summed E-state index contributed by atoms with van der Waals surface area (Å²) in [5.74, 6) is 1.03. The molecule has 0 radical (unpaired) electrons. The number of quaternary nitrogens is 1. The number of nitrogens with zero attached hydrogens (tertiary/aromatic N) is 3. The summed E-state index contributed by atoms with van der Waals surface area (Å²) in [6.45, 7) is 6.86. The Morgan fingerprint density at radius 3 is 2.52 bits per heavy atom. The van der Waals surface area contributed by atoms with E-state index in [1.54, 1.807) is 0 Å². The molecule has 4 nitrogen and oxygen atoms in total. The van der Waals surface area contributed by atoms with Crippen LogP contribution < -0.4 is 0 Å². The van der Waals surface area contributed by atoms with E-state index in [9.17, 15) is 0 Å². The second-order valence-electron chi connectivity index (χ2n) is 7.29. The minimum atomic E-state index is -0.591. The van der Waals surface area contributed by atoms with Crippen LogP contribution in [-0.2, 0) is 10.3 Å². The number of likely N-dealkylation sites (N-methyl/N-ethyl adjacent to an activating group) is 2. The molecule has 138 valence electrons. The fourth-order valence-electron chi connectivity index (χ4n) is 3.21. The molecule has 0 fully saturated rings. The first-order valence-corrected chi connectivity index (χ1v) is 9.36. The Morgan fingerprint density at radius 1 is 1.24 bits per heavy atom. The fourth-order valence-corrected chi connectivity index (χ4v) is 3.33. The third-order valence-corrected chi connectivity index (χ3v) is 5.06. The summed E-state index contributed by atoms with van der Waals surface area (Å²) in [6.07, 6.45) is 6.38. The minimum absolute atomic E-state index is 0.591. The van der Waals surface area contributed by atoms with Crippen molar-refractivity contribution in [3.63, 3.8) is 0 Å². The fraction of sp³-hybridized carbons (Fsp3) is 0.550. The molecule has 0 bridgehead atoms. The van der Waals surface area contributed by atoms with Gasteiger partial charge in [-0.05, 0) is 45.1 Å². The Bertz CT molecular complexity index is 626. The Morgan fingerprint density at radius 2 is 1.92 bits per heavy atom. The van der Waals surface area contributed by atoms with E-state index in [4.69, 9.17) is 21.3 Å². The Labute approximate surface area is 157 Å². The van der Waals surface area contributed by atoms with Crippen molar-refractivity contribution in [3.05, 3.63) is 47.3 Å². The first-order chi connectivity index (χ1) is 11.8. The van der Waals surface area contributed by atoms with E-state index in [0.717, 1.165) is 42.4 Å². The van der Waals surface area contributed by atoms with E-state index >= 15 is 0 Å². The highest BCUT2D eigenvalue weighted by molar-refractivity contribution is 6.30. The van der Waals surface area contributed by atoms with Gasteiger partial charge in [0.25, 0.3) is 0 Å². The monoisotopic (exact) mass is 364 g/mol. The van der Waals surface area contributed by atoms with Crippen LogP contribution in [0.2, 0.25) is 5.02 Å². The molecular formula is C20H31ClN3O+. The summed E-state index contributed by atoms with van der Waals surface area (Å²) in [5, 5.41) is 0.731. The topological polar surface area (TPSA) is 24.8 Å². The maximum absolute atomic E-state index is 6.45. The summed E-state index contributed by atoms with van der Waals surface area (Å²) in [6, 6.07) is 7.93. The summed E-state index contributed by atoms with van der Waals surface area (Å²) in [5.41, 5.74) is 0.492. The largest absolute Gasteiger partial charge is 0.357 e. The Balaban J connectivity index is 2.35. The maximum atomic E-state index is 6.45. The number of rotatable bonds is 9. The van der Waals surface area contributed by atoms with Gasteiger partial charge >= 0.3 is 0 Å². The van der Waals surface area contributed by atoms with Crippen LogP contribution in [0.3, 0.4) is 0 Å². The van der Waals surface area contributed by atoms with Crippen LogP contribution in [0.1, 0.15) is 32.3 Å². The quantitative estimate of drug-likeness (QED) is 0.611. The zero-order chi connectivity index (χ0) is 18.5. The molecule has 5 heteroatoms. The van der Waals surface area contributed by atoms with Gasteiger partial charge in [0, 0.05) is 11.6 Å². The summed E-state index contributed by atoms with van der Waals surface area (Å²) < 4.78 is 7.14. The molecular weight excluding hydrogens is 334 g/mol. The van der Waals surface area contributed by atoms with Crippen LogP contribution in [0.5, 0.6) is 0 Å². The molecule has 25 heavy (non-hydrogen) atoms. The lowest BCUT2D eigenvalue weighted by atomic mass is 9.92. The normalized spacial score (nSPS) is 22.3.